The van der Waals surface area contributed by atoms with E-state index in [0.717, 1.165) is 0 Å². The second kappa shape index (κ2) is 9.01. The molecular formula is C20H26N2O4S. The molecule has 0 aliphatic rings. The number of anilines is 1. The number of ether oxygens (including phenoxy) is 1. The van der Waals surface area contributed by atoms with Gasteiger partial charge in [-0.2, -0.15) is 0 Å². The standard InChI is InChI=1S/C20H26N2O4S/c1-14(2)13-21-27(24,25)17-9-7-8-16(12-17)20(23)22-18-10-5-6-11-19(18)26-15(3)4/h5-12,14-15,21H,13H2,1-4H3,(H,22,23). The van der Waals surface area contributed by atoms with Crippen LogP contribution in [-0.4, -0.2) is 27.0 Å². The zero-order chi connectivity index (χ0) is 20.0. The molecule has 0 saturated heterocycles. The van der Waals surface area contributed by atoms with E-state index in [1.54, 1.807) is 30.3 Å². The maximum absolute atomic E-state index is 12.6. The fourth-order valence-electron chi connectivity index (χ4n) is 2.29. The second-order valence-corrected chi connectivity index (χ2v) is 8.66. The van der Waals surface area contributed by atoms with Gasteiger partial charge in [0.15, 0.2) is 0 Å². The van der Waals surface area contributed by atoms with Crippen LogP contribution in [0.2, 0.25) is 0 Å². The predicted octanol–water partition coefficient (Wildman–Crippen LogP) is 3.66. The van der Waals surface area contributed by atoms with Crippen LogP contribution in [0.25, 0.3) is 0 Å². The lowest BCUT2D eigenvalue weighted by atomic mass is 10.2. The molecular weight excluding hydrogens is 364 g/mol. The molecule has 0 spiro atoms. The van der Waals surface area contributed by atoms with Crippen LogP contribution in [0.5, 0.6) is 5.75 Å². The first-order chi connectivity index (χ1) is 12.7. The van der Waals surface area contributed by atoms with Crippen molar-refractivity contribution in [2.75, 3.05) is 11.9 Å². The van der Waals surface area contributed by atoms with Crippen molar-refractivity contribution in [3.8, 4) is 5.75 Å². The Kier molecular flexibility index (Phi) is 6.98. The van der Waals surface area contributed by atoms with Crippen LogP contribution in [0.1, 0.15) is 38.1 Å². The summed E-state index contributed by atoms with van der Waals surface area (Å²) in [5.74, 6) is 0.336. The Morgan fingerprint density at radius 2 is 1.74 bits per heavy atom. The Morgan fingerprint density at radius 3 is 2.41 bits per heavy atom. The van der Waals surface area contributed by atoms with Crippen LogP contribution < -0.4 is 14.8 Å². The van der Waals surface area contributed by atoms with Crippen LogP contribution in [0.3, 0.4) is 0 Å². The molecule has 0 heterocycles. The van der Waals surface area contributed by atoms with Gasteiger partial charge in [-0.05, 0) is 50.1 Å². The van der Waals surface area contributed by atoms with Crippen LogP contribution in [0.15, 0.2) is 53.4 Å². The summed E-state index contributed by atoms with van der Waals surface area (Å²) in [5.41, 5.74) is 0.782. The minimum atomic E-state index is -3.66. The molecule has 0 aliphatic carbocycles. The fourth-order valence-corrected chi connectivity index (χ4v) is 3.54. The number of rotatable bonds is 8. The van der Waals surface area contributed by atoms with Crippen molar-refractivity contribution in [1.82, 2.24) is 4.72 Å². The summed E-state index contributed by atoms with van der Waals surface area (Å²) in [6, 6.07) is 13.1. The predicted molar refractivity (Wildman–Crippen MR) is 107 cm³/mol. The maximum Gasteiger partial charge on any atom is 0.255 e. The molecule has 0 saturated carbocycles. The van der Waals surface area contributed by atoms with Crippen molar-refractivity contribution < 1.29 is 17.9 Å². The third-order valence-electron chi connectivity index (χ3n) is 3.59. The van der Waals surface area contributed by atoms with Crippen molar-refractivity contribution in [3.05, 3.63) is 54.1 Å². The molecule has 2 aromatic carbocycles. The molecule has 2 N–H and O–H groups in total. The molecule has 27 heavy (non-hydrogen) atoms. The molecule has 146 valence electrons. The van der Waals surface area contributed by atoms with Crippen molar-refractivity contribution in [1.29, 1.82) is 0 Å². The van der Waals surface area contributed by atoms with E-state index in [2.05, 4.69) is 10.0 Å². The normalized spacial score (nSPS) is 11.6. The van der Waals surface area contributed by atoms with Gasteiger partial charge in [0.25, 0.3) is 5.91 Å². The van der Waals surface area contributed by atoms with Crippen LogP contribution in [0.4, 0.5) is 5.69 Å². The first-order valence-corrected chi connectivity index (χ1v) is 10.3. The first-order valence-electron chi connectivity index (χ1n) is 8.86. The van der Waals surface area contributed by atoms with Gasteiger partial charge in [0, 0.05) is 12.1 Å². The van der Waals surface area contributed by atoms with Crippen molar-refractivity contribution >= 4 is 21.6 Å². The Morgan fingerprint density at radius 1 is 1.04 bits per heavy atom. The van der Waals surface area contributed by atoms with E-state index in [9.17, 15) is 13.2 Å². The van der Waals surface area contributed by atoms with E-state index in [1.807, 2.05) is 33.8 Å². The zero-order valence-corrected chi connectivity index (χ0v) is 16.8. The maximum atomic E-state index is 12.6. The lowest BCUT2D eigenvalue weighted by Gasteiger charge is -2.15. The van der Waals surface area contributed by atoms with Gasteiger partial charge in [-0.25, -0.2) is 13.1 Å². The molecule has 7 heteroatoms. The molecule has 0 radical (unpaired) electrons. The summed E-state index contributed by atoms with van der Waals surface area (Å²) < 4.78 is 33.0. The summed E-state index contributed by atoms with van der Waals surface area (Å²) in [7, 11) is -3.66. The third kappa shape index (κ3) is 6.08. The van der Waals surface area contributed by atoms with Gasteiger partial charge in [0.1, 0.15) is 5.75 Å². The van der Waals surface area contributed by atoms with Gasteiger partial charge in [-0.1, -0.05) is 32.0 Å². The number of sulfonamides is 1. The van der Waals surface area contributed by atoms with Crippen molar-refractivity contribution in [2.24, 2.45) is 5.92 Å². The van der Waals surface area contributed by atoms with Crippen molar-refractivity contribution in [3.63, 3.8) is 0 Å². The zero-order valence-electron chi connectivity index (χ0n) is 16.0. The quantitative estimate of drug-likeness (QED) is 0.720. The Bertz CT molecular complexity index is 892. The van der Waals surface area contributed by atoms with E-state index in [1.165, 1.54) is 12.1 Å². The Hall–Kier alpha value is -2.38. The van der Waals surface area contributed by atoms with Gasteiger partial charge in [0.2, 0.25) is 10.0 Å². The molecule has 0 unspecified atom stereocenters. The lowest BCUT2D eigenvalue weighted by molar-refractivity contribution is 0.102. The molecule has 0 atom stereocenters. The fraction of sp³-hybridized carbons (Fsp3) is 0.350. The number of nitrogens with one attached hydrogen (secondary N) is 2. The number of carbonyl (C=O) groups excluding carboxylic acids is 1. The van der Waals surface area contributed by atoms with Gasteiger partial charge >= 0.3 is 0 Å². The topological polar surface area (TPSA) is 84.5 Å². The highest BCUT2D eigenvalue weighted by molar-refractivity contribution is 7.89. The summed E-state index contributed by atoms with van der Waals surface area (Å²) in [6.07, 6.45) is -0.0384. The highest BCUT2D eigenvalue weighted by Crippen LogP contribution is 2.25. The number of carbonyl (C=O) groups is 1. The number of hydrogen-bond donors (Lipinski definition) is 2. The lowest BCUT2D eigenvalue weighted by Crippen LogP contribution is -2.27. The van der Waals surface area contributed by atoms with Gasteiger partial charge in [0.05, 0.1) is 16.7 Å². The second-order valence-electron chi connectivity index (χ2n) is 6.89. The smallest absolute Gasteiger partial charge is 0.255 e. The summed E-state index contributed by atoms with van der Waals surface area (Å²) in [6.45, 7) is 7.97. The Labute approximate surface area is 161 Å². The minimum absolute atomic E-state index is 0.0384. The third-order valence-corrected chi connectivity index (χ3v) is 5.01. The minimum Gasteiger partial charge on any atom is -0.489 e. The molecule has 2 rings (SSSR count). The number of para-hydroxylation sites is 2. The molecule has 0 aromatic heterocycles. The van der Waals surface area contributed by atoms with Gasteiger partial charge in [-0.3, -0.25) is 4.79 Å². The Balaban J connectivity index is 2.21. The molecule has 2 aromatic rings. The molecule has 0 fully saturated rings. The van der Waals surface area contributed by atoms with Crippen LogP contribution in [-0.2, 0) is 10.0 Å². The summed E-state index contributed by atoms with van der Waals surface area (Å²) in [5, 5.41) is 2.78. The van der Waals surface area contributed by atoms with Gasteiger partial charge in [-0.15, -0.1) is 0 Å². The SMILES string of the molecule is CC(C)CNS(=O)(=O)c1cccc(C(=O)Nc2ccccc2OC(C)C)c1. The van der Waals surface area contributed by atoms with Crippen LogP contribution in [0, 0.1) is 5.92 Å². The van der Waals surface area contributed by atoms with E-state index < -0.39 is 15.9 Å². The summed E-state index contributed by atoms with van der Waals surface area (Å²) >= 11 is 0. The largest absolute Gasteiger partial charge is 0.489 e. The highest BCUT2D eigenvalue weighted by atomic mass is 32.2. The molecule has 0 aliphatic heterocycles. The number of hydrogen-bond acceptors (Lipinski definition) is 4. The average Bonchev–Trinajstić information content (AvgIpc) is 2.61. The van der Waals surface area contributed by atoms with Crippen molar-refractivity contribution in [2.45, 2.75) is 38.7 Å². The van der Waals surface area contributed by atoms with E-state index in [-0.39, 0.29) is 22.5 Å². The molecule has 6 nitrogen and oxygen atoms in total. The van der Waals surface area contributed by atoms with Gasteiger partial charge < -0.3 is 10.1 Å². The average molecular weight is 391 g/mol. The van der Waals surface area contributed by atoms with E-state index in [4.69, 9.17) is 4.74 Å². The number of benzene rings is 2. The van der Waals surface area contributed by atoms with E-state index in [0.29, 0.717) is 18.0 Å². The first kappa shape index (κ1) is 20.9. The van der Waals surface area contributed by atoms with Crippen LogP contribution >= 0.6 is 0 Å². The van der Waals surface area contributed by atoms with E-state index >= 15 is 0 Å². The summed E-state index contributed by atoms with van der Waals surface area (Å²) in [4.78, 5) is 12.7. The molecule has 0 bridgehead atoms. The highest BCUT2D eigenvalue weighted by Gasteiger charge is 2.17. The number of amides is 1. The molecule has 1 amide bonds. The monoisotopic (exact) mass is 390 g/mol.